The first-order valence-electron chi connectivity index (χ1n) is 12.0. The summed E-state index contributed by atoms with van der Waals surface area (Å²) in [4.78, 5) is 51.6. The highest BCUT2D eigenvalue weighted by Gasteiger charge is 2.16. The Labute approximate surface area is 223 Å². The number of methoxy groups -OCH3 is 1. The summed E-state index contributed by atoms with van der Waals surface area (Å²) >= 11 is 5.99. The molecular weight excluding hydrogens is 508 g/mol. The molecule has 0 aliphatic rings. The lowest BCUT2D eigenvalue weighted by atomic mass is 10.2. The molecule has 9 nitrogen and oxygen atoms in total. The molecule has 0 saturated heterocycles. The zero-order chi connectivity index (χ0) is 27.1. The van der Waals surface area contributed by atoms with Crippen LogP contribution in [0, 0.1) is 0 Å². The number of nitrogens with one attached hydrogen (secondary N) is 2. The van der Waals surface area contributed by atoms with Gasteiger partial charge in [-0.15, -0.1) is 0 Å². The van der Waals surface area contributed by atoms with Crippen molar-refractivity contribution in [1.82, 2.24) is 14.5 Å². The third-order valence-electron chi connectivity index (χ3n) is 6.00. The van der Waals surface area contributed by atoms with Crippen LogP contribution in [-0.4, -0.2) is 28.1 Å². The minimum Gasteiger partial charge on any atom is -0.496 e. The second-order valence-electron chi connectivity index (χ2n) is 8.59. The van der Waals surface area contributed by atoms with Crippen molar-refractivity contribution in [2.75, 3.05) is 12.4 Å². The summed E-state index contributed by atoms with van der Waals surface area (Å²) in [7, 11) is 1.57. The Hall–Kier alpha value is -4.37. The van der Waals surface area contributed by atoms with Crippen LogP contribution in [0.3, 0.4) is 0 Å². The van der Waals surface area contributed by atoms with E-state index in [9.17, 15) is 19.2 Å². The van der Waals surface area contributed by atoms with Gasteiger partial charge in [0, 0.05) is 35.8 Å². The van der Waals surface area contributed by atoms with Crippen molar-refractivity contribution < 1.29 is 14.3 Å². The van der Waals surface area contributed by atoms with Gasteiger partial charge in [-0.3, -0.25) is 23.5 Å². The van der Waals surface area contributed by atoms with Gasteiger partial charge < -0.3 is 15.4 Å². The summed E-state index contributed by atoms with van der Waals surface area (Å²) in [6.45, 7) is 0.0271. The van der Waals surface area contributed by atoms with E-state index < -0.39 is 17.2 Å². The molecule has 0 bridgehead atoms. The van der Waals surface area contributed by atoms with E-state index in [0.717, 1.165) is 10.1 Å². The van der Waals surface area contributed by atoms with Gasteiger partial charge in [-0.25, -0.2) is 4.79 Å². The quantitative estimate of drug-likeness (QED) is 0.323. The lowest BCUT2D eigenvalue weighted by molar-refractivity contribution is -0.121. The minimum absolute atomic E-state index is 0.0283. The number of hydrogen-bond donors (Lipinski definition) is 2. The lowest BCUT2D eigenvalue weighted by Crippen LogP contribution is -2.42. The Morgan fingerprint density at radius 2 is 1.68 bits per heavy atom. The largest absolute Gasteiger partial charge is 0.496 e. The van der Waals surface area contributed by atoms with E-state index >= 15 is 0 Å². The fourth-order valence-electron chi connectivity index (χ4n) is 4.16. The molecule has 0 saturated carbocycles. The van der Waals surface area contributed by atoms with Crippen LogP contribution in [0.2, 0.25) is 5.02 Å². The molecule has 2 N–H and O–H groups in total. The van der Waals surface area contributed by atoms with Gasteiger partial charge in [0.2, 0.25) is 11.8 Å². The van der Waals surface area contributed by atoms with E-state index in [1.807, 2.05) is 24.3 Å². The maximum Gasteiger partial charge on any atom is 0.331 e. The fourth-order valence-corrected chi connectivity index (χ4v) is 4.35. The van der Waals surface area contributed by atoms with Gasteiger partial charge in [-0.05, 0) is 42.8 Å². The highest BCUT2D eigenvalue weighted by molar-refractivity contribution is 6.30. The number of hydrogen-bond acceptors (Lipinski definition) is 5. The topological polar surface area (TPSA) is 111 Å². The van der Waals surface area contributed by atoms with Crippen molar-refractivity contribution in [3.8, 4) is 5.75 Å². The van der Waals surface area contributed by atoms with Gasteiger partial charge >= 0.3 is 5.69 Å². The van der Waals surface area contributed by atoms with E-state index in [1.165, 1.54) is 4.57 Å². The van der Waals surface area contributed by atoms with Crippen LogP contribution in [0.1, 0.15) is 18.4 Å². The number of para-hydroxylation sites is 2. The molecule has 1 aromatic heterocycles. The summed E-state index contributed by atoms with van der Waals surface area (Å²) < 4.78 is 7.63. The predicted molar refractivity (Wildman–Crippen MR) is 147 cm³/mol. The van der Waals surface area contributed by atoms with Crippen LogP contribution in [0.25, 0.3) is 10.9 Å². The number of amides is 2. The lowest BCUT2D eigenvalue weighted by Gasteiger charge is -2.14. The smallest absolute Gasteiger partial charge is 0.331 e. The van der Waals surface area contributed by atoms with Crippen molar-refractivity contribution in [2.24, 2.45) is 0 Å². The third-order valence-corrected chi connectivity index (χ3v) is 6.23. The standard InChI is InChI=1S/C28H27ClN4O5/c1-38-24-13-5-2-8-19(24)17-30-25(34)14-7-15-32-27(36)22-11-3-4-12-23(22)33(28(32)37)18-26(35)31-21-10-6-9-20(29)16-21/h2-6,8-13,16H,7,14-15,17-18H2,1H3,(H,30,34)(H,31,35). The molecule has 38 heavy (non-hydrogen) atoms. The zero-order valence-electron chi connectivity index (χ0n) is 20.8. The maximum absolute atomic E-state index is 13.3. The Balaban J connectivity index is 1.47. The number of aromatic nitrogens is 2. The molecule has 196 valence electrons. The highest BCUT2D eigenvalue weighted by Crippen LogP contribution is 2.17. The van der Waals surface area contributed by atoms with Gasteiger partial charge in [-0.2, -0.15) is 0 Å². The molecule has 4 rings (SSSR count). The SMILES string of the molecule is COc1ccccc1CNC(=O)CCCn1c(=O)c2ccccc2n(CC(=O)Nc2cccc(Cl)c2)c1=O. The number of halogens is 1. The summed E-state index contributed by atoms with van der Waals surface area (Å²) in [6.07, 6.45) is 0.378. The molecular formula is C28H27ClN4O5. The second kappa shape index (κ2) is 12.2. The highest BCUT2D eigenvalue weighted by atomic mass is 35.5. The number of rotatable bonds is 10. The van der Waals surface area contributed by atoms with Crippen LogP contribution < -0.4 is 26.6 Å². The Morgan fingerprint density at radius 3 is 2.47 bits per heavy atom. The molecule has 0 atom stereocenters. The predicted octanol–water partition coefficient (Wildman–Crippen LogP) is 3.56. The van der Waals surface area contributed by atoms with Gasteiger partial charge in [0.05, 0.1) is 18.0 Å². The average Bonchev–Trinajstić information content (AvgIpc) is 2.92. The number of benzene rings is 3. The van der Waals surface area contributed by atoms with Crippen LogP contribution >= 0.6 is 11.6 Å². The molecule has 0 aliphatic heterocycles. The summed E-state index contributed by atoms with van der Waals surface area (Å²) in [5, 5.41) is 6.32. The Morgan fingerprint density at radius 1 is 0.921 bits per heavy atom. The molecule has 0 aliphatic carbocycles. The van der Waals surface area contributed by atoms with Gasteiger partial charge in [0.15, 0.2) is 0 Å². The molecule has 2 amide bonds. The number of nitrogens with zero attached hydrogens (tertiary/aromatic N) is 2. The van der Waals surface area contributed by atoms with Gasteiger partial charge in [0.25, 0.3) is 5.56 Å². The molecule has 10 heteroatoms. The van der Waals surface area contributed by atoms with Crippen molar-refractivity contribution in [3.63, 3.8) is 0 Å². The van der Waals surface area contributed by atoms with E-state index in [1.54, 1.807) is 55.6 Å². The Bertz CT molecular complexity index is 1590. The van der Waals surface area contributed by atoms with Crippen LogP contribution in [-0.2, 0) is 29.2 Å². The van der Waals surface area contributed by atoms with Crippen LogP contribution in [0.15, 0.2) is 82.4 Å². The van der Waals surface area contributed by atoms with Crippen molar-refractivity contribution in [1.29, 1.82) is 0 Å². The summed E-state index contributed by atoms with van der Waals surface area (Å²) in [5.74, 6) is 0.0156. The first-order valence-corrected chi connectivity index (χ1v) is 12.4. The van der Waals surface area contributed by atoms with Crippen molar-refractivity contribution in [3.05, 3.63) is 104 Å². The number of fused-ring (bicyclic) bond motifs is 1. The molecule has 0 fully saturated rings. The average molecular weight is 535 g/mol. The molecule has 0 unspecified atom stereocenters. The van der Waals surface area contributed by atoms with Crippen LogP contribution in [0.5, 0.6) is 5.75 Å². The summed E-state index contributed by atoms with van der Waals surface area (Å²) in [6, 6.07) is 20.7. The molecule has 3 aromatic carbocycles. The van der Waals surface area contributed by atoms with Crippen LogP contribution in [0.4, 0.5) is 5.69 Å². The molecule has 4 aromatic rings. The molecule has 1 heterocycles. The van der Waals surface area contributed by atoms with Gasteiger partial charge in [0.1, 0.15) is 12.3 Å². The number of ether oxygens (including phenoxy) is 1. The fraction of sp³-hybridized carbons (Fsp3) is 0.214. The van der Waals surface area contributed by atoms with E-state index in [4.69, 9.17) is 16.3 Å². The molecule has 0 radical (unpaired) electrons. The van der Waals surface area contributed by atoms with Gasteiger partial charge in [-0.1, -0.05) is 48.0 Å². The summed E-state index contributed by atoms with van der Waals surface area (Å²) in [5.41, 5.74) is 0.603. The number of carbonyl (C=O) groups is 2. The monoisotopic (exact) mass is 534 g/mol. The minimum atomic E-state index is -0.621. The number of carbonyl (C=O) groups excluding carboxylic acids is 2. The first kappa shape index (κ1) is 26.7. The molecule has 0 spiro atoms. The third kappa shape index (κ3) is 6.30. The van der Waals surface area contributed by atoms with Crippen molar-refractivity contribution in [2.45, 2.75) is 32.5 Å². The maximum atomic E-state index is 13.3. The number of anilines is 1. The Kier molecular flexibility index (Phi) is 8.60. The van der Waals surface area contributed by atoms with Crippen molar-refractivity contribution >= 4 is 40.0 Å². The normalized spacial score (nSPS) is 10.8. The second-order valence-corrected chi connectivity index (χ2v) is 9.03. The van der Waals surface area contributed by atoms with E-state index in [0.29, 0.717) is 33.9 Å². The first-order chi connectivity index (χ1) is 18.4. The van der Waals surface area contributed by atoms with E-state index in [-0.39, 0.29) is 31.8 Å². The van der Waals surface area contributed by atoms with E-state index in [2.05, 4.69) is 10.6 Å². The zero-order valence-corrected chi connectivity index (χ0v) is 21.5.